The zero-order valence-corrected chi connectivity index (χ0v) is 7.86. The molecule has 0 atom stereocenters. The van der Waals surface area contributed by atoms with E-state index in [4.69, 9.17) is 0 Å². The van der Waals surface area contributed by atoms with Crippen LogP contribution in [0.15, 0.2) is 23.9 Å². The molecule has 0 radical (unpaired) electrons. The van der Waals surface area contributed by atoms with Crippen molar-refractivity contribution in [3.8, 4) is 0 Å². The van der Waals surface area contributed by atoms with E-state index in [1.165, 1.54) is 11.6 Å². The molecule has 0 aromatic carbocycles. The average molecular weight is 190 g/mol. The van der Waals surface area contributed by atoms with Crippen molar-refractivity contribution in [2.24, 2.45) is 0 Å². The Morgan fingerprint density at radius 3 is 2.79 bits per heavy atom. The topological polar surface area (TPSA) is 56.0 Å². The lowest BCUT2D eigenvalue weighted by atomic mass is 9.87. The van der Waals surface area contributed by atoms with Crippen molar-refractivity contribution in [1.29, 1.82) is 0 Å². The molecule has 72 valence electrons. The molecule has 0 saturated heterocycles. The summed E-state index contributed by atoms with van der Waals surface area (Å²) in [5.41, 5.74) is 2.91. The monoisotopic (exact) mass is 190 g/mol. The van der Waals surface area contributed by atoms with Crippen LogP contribution in [0.25, 0.3) is 5.57 Å². The Morgan fingerprint density at radius 1 is 1.50 bits per heavy atom. The van der Waals surface area contributed by atoms with Crippen LogP contribution in [0.4, 0.5) is 5.69 Å². The second-order valence-electron chi connectivity index (χ2n) is 3.39. The molecule has 0 spiro atoms. The Balaban J connectivity index is 2.53. The number of aromatic nitrogens is 1. The normalized spacial score (nSPS) is 15.2. The molecule has 0 bridgehead atoms. The van der Waals surface area contributed by atoms with Crippen LogP contribution < -0.4 is 0 Å². The Morgan fingerprint density at radius 2 is 2.29 bits per heavy atom. The molecular weight excluding hydrogens is 180 g/mol. The van der Waals surface area contributed by atoms with Gasteiger partial charge in [-0.1, -0.05) is 5.57 Å². The highest BCUT2D eigenvalue weighted by Gasteiger charge is 2.23. The third-order valence-electron chi connectivity index (χ3n) is 2.53. The lowest BCUT2D eigenvalue weighted by Crippen LogP contribution is -2.05. The van der Waals surface area contributed by atoms with Crippen molar-refractivity contribution in [2.45, 2.75) is 19.8 Å². The molecule has 4 heteroatoms. The molecule has 4 nitrogen and oxygen atoms in total. The van der Waals surface area contributed by atoms with Gasteiger partial charge in [-0.3, -0.25) is 10.1 Å². The van der Waals surface area contributed by atoms with Crippen LogP contribution in [0, 0.1) is 10.1 Å². The van der Waals surface area contributed by atoms with E-state index < -0.39 is 0 Å². The number of nitro groups is 1. The largest absolute Gasteiger partial charge is 0.295 e. The van der Waals surface area contributed by atoms with E-state index in [2.05, 4.69) is 4.98 Å². The van der Waals surface area contributed by atoms with Crippen LogP contribution in [0.3, 0.4) is 0 Å². The van der Waals surface area contributed by atoms with Crippen molar-refractivity contribution in [1.82, 2.24) is 4.98 Å². The van der Waals surface area contributed by atoms with Crippen LogP contribution in [0.5, 0.6) is 0 Å². The van der Waals surface area contributed by atoms with Crippen molar-refractivity contribution < 1.29 is 4.92 Å². The minimum atomic E-state index is -0.374. The number of hydrogen-bond acceptors (Lipinski definition) is 3. The van der Waals surface area contributed by atoms with E-state index in [0.717, 1.165) is 18.4 Å². The van der Waals surface area contributed by atoms with Gasteiger partial charge in [0, 0.05) is 12.3 Å². The zero-order valence-electron chi connectivity index (χ0n) is 7.86. The predicted octanol–water partition coefficient (Wildman–Crippen LogP) is 2.56. The highest BCUT2D eigenvalue weighted by atomic mass is 16.6. The van der Waals surface area contributed by atoms with Gasteiger partial charge in [-0.2, -0.15) is 0 Å². The first kappa shape index (κ1) is 8.87. The molecule has 0 saturated carbocycles. The molecule has 1 aromatic rings. The minimum Gasteiger partial charge on any atom is -0.258 e. The Bertz CT molecular complexity index is 424. The molecule has 2 rings (SSSR count). The van der Waals surface area contributed by atoms with Crippen molar-refractivity contribution in [2.75, 3.05) is 0 Å². The summed E-state index contributed by atoms with van der Waals surface area (Å²) < 4.78 is 0. The molecule has 0 fully saturated rings. The smallest absolute Gasteiger partial charge is 0.258 e. The van der Waals surface area contributed by atoms with Gasteiger partial charge in [0.2, 0.25) is 0 Å². The fraction of sp³-hybridized carbons (Fsp3) is 0.300. The SMILES string of the molecule is CC1=C(c2ncccc2[N+](=O)[O-])CC1. The molecule has 0 N–H and O–H groups in total. The van der Waals surface area contributed by atoms with E-state index in [1.54, 1.807) is 12.3 Å². The number of pyridine rings is 1. The van der Waals surface area contributed by atoms with Gasteiger partial charge in [0.1, 0.15) is 5.69 Å². The number of rotatable bonds is 2. The summed E-state index contributed by atoms with van der Waals surface area (Å²) in [6.07, 6.45) is 3.54. The summed E-state index contributed by atoms with van der Waals surface area (Å²) in [5, 5.41) is 10.7. The van der Waals surface area contributed by atoms with Gasteiger partial charge in [0.15, 0.2) is 0 Å². The van der Waals surface area contributed by atoms with Crippen molar-refractivity contribution in [3.05, 3.63) is 39.7 Å². The molecule has 0 amide bonds. The second kappa shape index (κ2) is 3.21. The fourth-order valence-electron chi connectivity index (χ4n) is 1.60. The summed E-state index contributed by atoms with van der Waals surface area (Å²) in [5.74, 6) is 0. The molecule has 0 aliphatic heterocycles. The minimum absolute atomic E-state index is 0.113. The van der Waals surface area contributed by atoms with E-state index in [1.807, 2.05) is 6.92 Å². The summed E-state index contributed by atoms with van der Waals surface area (Å²) in [6, 6.07) is 3.09. The maximum atomic E-state index is 10.7. The zero-order chi connectivity index (χ0) is 10.1. The maximum absolute atomic E-state index is 10.7. The number of nitrogens with zero attached hydrogens (tertiary/aromatic N) is 2. The van der Waals surface area contributed by atoms with Gasteiger partial charge in [-0.15, -0.1) is 0 Å². The van der Waals surface area contributed by atoms with Gasteiger partial charge in [0.25, 0.3) is 5.69 Å². The second-order valence-corrected chi connectivity index (χ2v) is 3.39. The molecule has 1 aliphatic carbocycles. The number of allylic oxidation sites excluding steroid dienone is 2. The standard InChI is InChI=1S/C10H10N2O2/c1-7-4-5-8(7)10-9(12(13)14)3-2-6-11-10/h2-3,6H,4-5H2,1H3. The van der Waals surface area contributed by atoms with Crippen LogP contribution in [0.2, 0.25) is 0 Å². The maximum Gasteiger partial charge on any atom is 0.295 e. The first-order chi connectivity index (χ1) is 6.70. The summed E-state index contributed by atoms with van der Waals surface area (Å²) in [4.78, 5) is 14.4. The van der Waals surface area contributed by atoms with E-state index in [9.17, 15) is 10.1 Å². The van der Waals surface area contributed by atoms with Crippen molar-refractivity contribution in [3.63, 3.8) is 0 Å². The van der Waals surface area contributed by atoms with Gasteiger partial charge in [0.05, 0.1) is 4.92 Å². The molecule has 1 aromatic heterocycles. The lowest BCUT2D eigenvalue weighted by molar-refractivity contribution is -0.385. The quantitative estimate of drug-likeness (QED) is 0.532. The highest BCUT2D eigenvalue weighted by Crippen LogP contribution is 2.38. The van der Waals surface area contributed by atoms with Crippen LogP contribution >= 0.6 is 0 Å². The Labute approximate surface area is 81.4 Å². The highest BCUT2D eigenvalue weighted by molar-refractivity contribution is 5.76. The first-order valence-electron chi connectivity index (χ1n) is 4.48. The van der Waals surface area contributed by atoms with Gasteiger partial charge >= 0.3 is 0 Å². The number of hydrogen-bond donors (Lipinski definition) is 0. The summed E-state index contributed by atoms with van der Waals surface area (Å²) in [7, 11) is 0. The average Bonchev–Trinajstić information content (AvgIpc) is 2.16. The molecule has 1 aliphatic rings. The molecular formula is C10H10N2O2. The molecule has 0 unspecified atom stereocenters. The Kier molecular flexibility index (Phi) is 2.04. The predicted molar refractivity (Wildman–Crippen MR) is 52.7 cm³/mol. The van der Waals surface area contributed by atoms with E-state index >= 15 is 0 Å². The lowest BCUT2D eigenvalue weighted by Gasteiger charge is -2.19. The molecule has 14 heavy (non-hydrogen) atoms. The van der Waals surface area contributed by atoms with Crippen LogP contribution in [-0.2, 0) is 0 Å². The van der Waals surface area contributed by atoms with Crippen LogP contribution in [0.1, 0.15) is 25.5 Å². The van der Waals surface area contributed by atoms with Gasteiger partial charge < -0.3 is 0 Å². The summed E-state index contributed by atoms with van der Waals surface area (Å²) >= 11 is 0. The third kappa shape index (κ3) is 1.28. The van der Waals surface area contributed by atoms with Crippen molar-refractivity contribution >= 4 is 11.3 Å². The summed E-state index contributed by atoms with van der Waals surface area (Å²) in [6.45, 7) is 2.00. The van der Waals surface area contributed by atoms with Gasteiger partial charge in [-0.25, -0.2) is 4.98 Å². The van der Waals surface area contributed by atoms with Gasteiger partial charge in [-0.05, 0) is 31.4 Å². The third-order valence-corrected chi connectivity index (χ3v) is 2.53. The van der Waals surface area contributed by atoms with E-state index in [-0.39, 0.29) is 10.6 Å². The Hall–Kier alpha value is -1.71. The van der Waals surface area contributed by atoms with E-state index in [0.29, 0.717) is 5.69 Å². The first-order valence-corrected chi connectivity index (χ1v) is 4.48. The fourth-order valence-corrected chi connectivity index (χ4v) is 1.60. The molecule has 1 heterocycles. The van der Waals surface area contributed by atoms with Crippen LogP contribution in [-0.4, -0.2) is 9.91 Å².